The van der Waals surface area contributed by atoms with Gasteiger partial charge in [-0.3, -0.25) is 4.79 Å². The predicted molar refractivity (Wildman–Crippen MR) is 64.4 cm³/mol. The van der Waals surface area contributed by atoms with Crippen LogP contribution < -0.4 is 11.1 Å². The molecule has 0 spiro atoms. The van der Waals surface area contributed by atoms with Gasteiger partial charge < -0.3 is 16.2 Å². The maximum Gasteiger partial charge on any atom is 0.329 e. The lowest BCUT2D eigenvalue weighted by atomic mass is 9.96. The summed E-state index contributed by atoms with van der Waals surface area (Å²) in [5.41, 5.74) is 4.75. The van der Waals surface area contributed by atoms with Crippen molar-refractivity contribution >= 4 is 11.9 Å². The van der Waals surface area contributed by atoms with Gasteiger partial charge >= 0.3 is 5.97 Å². The lowest BCUT2D eigenvalue weighted by molar-refractivity contribution is -0.147. The molecule has 0 aromatic rings. The van der Waals surface area contributed by atoms with E-state index in [2.05, 4.69) is 5.32 Å². The van der Waals surface area contributed by atoms with Gasteiger partial charge in [-0.1, -0.05) is 26.7 Å². The molecule has 4 N–H and O–H groups in total. The Morgan fingerprint density at radius 1 is 1.35 bits per heavy atom. The van der Waals surface area contributed by atoms with Crippen LogP contribution in [-0.2, 0) is 9.59 Å². The van der Waals surface area contributed by atoms with Crippen LogP contribution in [0.3, 0.4) is 0 Å². The molecule has 1 fully saturated rings. The van der Waals surface area contributed by atoms with Gasteiger partial charge in [0.2, 0.25) is 5.91 Å². The van der Waals surface area contributed by atoms with Crippen LogP contribution >= 0.6 is 0 Å². The van der Waals surface area contributed by atoms with Crippen molar-refractivity contribution < 1.29 is 14.7 Å². The molecule has 1 atom stereocenters. The summed E-state index contributed by atoms with van der Waals surface area (Å²) in [4.78, 5) is 23.0. The molecule has 0 aromatic heterocycles. The van der Waals surface area contributed by atoms with E-state index in [4.69, 9.17) is 5.73 Å². The maximum atomic E-state index is 11.8. The van der Waals surface area contributed by atoms with E-state index in [1.165, 1.54) is 0 Å². The van der Waals surface area contributed by atoms with Crippen molar-refractivity contribution in [1.82, 2.24) is 5.32 Å². The zero-order chi connectivity index (χ0) is 13.1. The Morgan fingerprint density at radius 3 is 2.29 bits per heavy atom. The minimum atomic E-state index is -1.05. The molecule has 0 aromatic carbocycles. The van der Waals surface area contributed by atoms with Crippen LogP contribution in [0.4, 0.5) is 0 Å². The molecule has 1 aliphatic rings. The number of hydrogen-bond acceptors (Lipinski definition) is 3. The standard InChI is InChI=1S/C12H22N2O3/c1-8(2)9(13)7-10(15)14-12(11(16)17)5-3-4-6-12/h8-9H,3-7,13H2,1-2H3,(H,14,15)(H,16,17). The Bertz CT molecular complexity index is 296. The van der Waals surface area contributed by atoms with Crippen molar-refractivity contribution in [2.24, 2.45) is 11.7 Å². The number of rotatable bonds is 5. The van der Waals surface area contributed by atoms with Crippen molar-refractivity contribution in [1.29, 1.82) is 0 Å². The van der Waals surface area contributed by atoms with Crippen molar-refractivity contribution in [3.63, 3.8) is 0 Å². The van der Waals surface area contributed by atoms with Crippen LogP contribution in [0.15, 0.2) is 0 Å². The molecule has 5 heteroatoms. The fraction of sp³-hybridized carbons (Fsp3) is 0.833. The minimum Gasteiger partial charge on any atom is -0.480 e. The third-order valence-corrected chi connectivity index (χ3v) is 3.52. The van der Waals surface area contributed by atoms with Crippen LogP contribution in [0.1, 0.15) is 46.0 Å². The molecule has 1 rings (SSSR count). The van der Waals surface area contributed by atoms with Crippen LogP contribution in [0.25, 0.3) is 0 Å². The molecule has 0 aliphatic heterocycles. The number of carbonyl (C=O) groups is 2. The van der Waals surface area contributed by atoms with Gasteiger partial charge in [0.25, 0.3) is 0 Å². The SMILES string of the molecule is CC(C)C(N)CC(=O)NC1(C(=O)O)CCCC1. The number of carboxylic acid groups (broad SMARTS) is 1. The van der Waals surface area contributed by atoms with Gasteiger partial charge in [0.05, 0.1) is 0 Å². The molecule has 1 amide bonds. The summed E-state index contributed by atoms with van der Waals surface area (Å²) in [6.07, 6.45) is 2.92. The highest BCUT2D eigenvalue weighted by atomic mass is 16.4. The zero-order valence-corrected chi connectivity index (χ0v) is 10.5. The fourth-order valence-electron chi connectivity index (χ4n) is 2.14. The van der Waals surface area contributed by atoms with E-state index in [0.29, 0.717) is 12.8 Å². The molecular formula is C12H22N2O3. The summed E-state index contributed by atoms with van der Waals surface area (Å²) in [7, 11) is 0. The summed E-state index contributed by atoms with van der Waals surface area (Å²) in [5, 5.41) is 11.9. The second-order valence-electron chi connectivity index (χ2n) is 5.25. The molecule has 0 radical (unpaired) electrons. The van der Waals surface area contributed by atoms with Gasteiger partial charge in [0, 0.05) is 12.5 Å². The first-order valence-corrected chi connectivity index (χ1v) is 6.17. The van der Waals surface area contributed by atoms with Crippen LogP contribution in [0.5, 0.6) is 0 Å². The van der Waals surface area contributed by atoms with Crippen molar-refractivity contribution in [2.75, 3.05) is 0 Å². The van der Waals surface area contributed by atoms with Gasteiger partial charge in [-0.2, -0.15) is 0 Å². The van der Waals surface area contributed by atoms with Crippen LogP contribution in [0.2, 0.25) is 0 Å². The lowest BCUT2D eigenvalue weighted by Gasteiger charge is -2.26. The second-order valence-corrected chi connectivity index (χ2v) is 5.25. The zero-order valence-electron chi connectivity index (χ0n) is 10.5. The molecule has 0 saturated heterocycles. The molecule has 0 bridgehead atoms. The number of carboxylic acids is 1. The Labute approximate surface area is 102 Å². The summed E-state index contributed by atoms with van der Waals surface area (Å²) in [5.74, 6) is -0.970. The first-order chi connectivity index (χ1) is 7.87. The maximum absolute atomic E-state index is 11.8. The summed E-state index contributed by atoms with van der Waals surface area (Å²) in [6, 6.07) is -0.220. The average molecular weight is 242 g/mol. The Kier molecular flexibility index (Phi) is 4.51. The summed E-state index contributed by atoms with van der Waals surface area (Å²) < 4.78 is 0. The molecule has 5 nitrogen and oxygen atoms in total. The molecule has 1 saturated carbocycles. The molecule has 1 unspecified atom stereocenters. The van der Waals surface area contributed by atoms with Gasteiger partial charge in [0.1, 0.15) is 5.54 Å². The van der Waals surface area contributed by atoms with E-state index in [1.807, 2.05) is 13.8 Å². The number of amides is 1. The van der Waals surface area contributed by atoms with E-state index < -0.39 is 11.5 Å². The smallest absolute Gasteiger partial charge is 0.329 e. The fourth-order valence-corrected chi connectivity index (χ4v) is 2.14. The van der Waals surface area contributed by atoms with E-state index in [-0.39, 0.29) is 24.3 Å². The number of carbonyl (C=O) groups excluding carboxylic acids is 1. The highest BCUT2D eigenvalue weighted by Crippen LogP contribution is 2.30. The normalized spacial score (nSPS) is 20.2. The Balaban J connectivity index is 2.57. The first-order valence-electron chi connectivity index (χ1n) is 6.17. The van der Waals surface area contributed by atoms with Gasteiger partial charge in [-0.15, -0.1) is 0 Å². The van der Waals surface area contributed by atoms with E-state index >= 15 is 0 Å². The number of nitrogens with two attached hydrogens (primary N) is 1. The Morgan fingerprint density at radius 2 is 1.88 bits per heavy atom. The lowest BCUT2D eigenvalue weighted by Crippen LogP contribution is -2.53. The van der Waals surface area contributed by atoms with Crippen LogP contribution in [-0.4, -0.2) is 28.6 Å². The van der Waals surface area contributed by atoms with Crippen molar-refractivity contribution in [3.05, 3.63) is 0 Å². The second kappa shape index (κ2) is 5.49. The Hall–Kier alpha value is -1.10. The van der Waals surface area contributed by atoms with Crippen LogP contribution in [0, 0.1) is 5.92 Å². The van der Waals surface area contributed by atoms with E-state index in [0.717, 1.165) is 12.8 Å². The minimum absolute atomic E-state index is 0.187. The molecule has 98 valence electrons. The van der Waals surface area contributed by atoms with E-state index in [1.54, 1.807) is 0 Å². The molecule has 0 heterocycles. The van der Waals surface area contributed by atoms with Gasteiger partial charge in [-0.25, -0.2) is 4.79 Å². The van der Waals surface area contributed by atoms with Crippen molar-refractivity contribution in [2.45, 2.75) is 57.5 Å². The highest BCUT2D eigenvalue weighted by Gasteiger charge is 2.42. The number of hydrogen-bond donors (Lipinski definition) is 3. The monoisotopic (exact) mass is 242 g/mol. The third kappa shape index (κ3) is 3.43. The number of aliphatic carboxylic acids is 1. The van der Waals surface area contributed by atoms with Gasteiger partial charge in [0.15, 0.2) is 0 Å². The molecule has 1 aliphatic carbocycles. The third-order valence-electron chi connectivity index (χ3n) is 3.52. The van der Waals surface area contributed by atoms with Gasteiger partial charge in [-0.05, 0) is 18.8 Å². The van der Waals surface area contributed by atoms with Crippen molar-refractivity contribution in [3.8, 4) is 0 Å². The number of nitrogens with one attached hydrogen (secondary N) is 1. The predicted octanol–water partition coefficient (Wildman–Crippen LogP) is 0.873. The quantitative estimate of drug-likeness (QED) is 0.667. The molecular weight excluding hydrogens is 220 g/mol. The van der Waals surface area contributed by atoms with E-state index in [9.17, 15) is 14.7 Å². The summed E-state index contributed by atoms with van der Waals surface area (Å²) >= 11 is 0. The average Bonchev–Trinajstić information content (AvgIpc) is 2.67. The molecule has 17 heavy (non-hydrogen) atoms. The topological polar surface area (TPSA) is 92.4 Å². The largest absolute Gasteiger partial charge is 0.480 e. The highest BCUT2D eigenvalue weighted by molar-refractivity contribution is 5.87. The summed E-state index contributed by atoms with van der Waals surface area (Å²) in [6.45, 7) is 3.89. The first kappa shape index (κ1) is 14.0.